The van der Waals surface area contributed by atoms with Crippen LogP contribution in [0.4, 0.5) is 4.79 Å². The van der Waals surface area contributed by atoms with Gasteiger partial charge in [0.05, 0.1) is 11.5 Å². The zero-order valence-electron chi connectivity index (χ0n) is 11.6. The summed E-state index contributed by atoms with van der Waals surface area (Å²) in [7, 11) is 0. The molecule has 5 nitrogen and oxygen atoms in total. The quantitative estimate of drug-likeness (QED) is 0.797. The third-order valence-corrected chi connectivity index (χ3v) is 3.29. The number of nitrogens with one attached hydrogen (secondary N) is 1. The first-order valence-electron chi connectivity index (χ1n) is 6.38. The first kappa shape index (κ1) is 14.8. The average molecular weight is 257 g/mol. The smallest absolute Gasteiger partial charge is 0.408 e. The zero-order chi connectivity index (χ0) is 14.0. The third kappa shape index (κ3) is 3.89. The minimum Gasteiger partial charge on any atom is -0.481 e. The molecule has 1 amide bonds. The second-order valence-electron chi connectivity index (χ2n) is 6.18. The van der Waals surface area contributed by atoms with Crippen LogP contribution in [0.2, 0.25) is 0 Å². The summed E-state index contributed by atoms with van der Waals surface area (Å²) in [6.07, 6.45) is 2.54. The third-order valence-electron chi connectivity index (χ3n) is 3.29. The van der Waals surface area contributed by atoms with Gasteiger partial charge in [-0.15, -0.1) is 0 Å². The highest BCUT2D eigenvalue weighted by molar-refractivity contribution is 5.75. The van der Waals surface area contributed by atoms with Gasteiger partial charge in [0.25, 0.3) is 0 Å². The molecular weight excluding hydrogens is 234 g/mol. The normalized spacial score (nSPS) is 28.6. The maximum absolute atomic E-state index is 11.8. The lowest BCUT2D eigenvalue weighted by molar-refractivity contribution is -0.145. The molecule has 0 aromatic heterocycles. The van der Waals surface area contributed by atoms with Crippen LogP contribution in [-0.4, -0.2) is 28.3 Å². The maximum atomic E-state index is 11.8. The molecule has 1 fully saturated rings. The van der Waals surface area contributed by atoms with Crippen molar-refractivity contribution in [3.05, 3.63) is 0 Å². The molecule has 0 aliphatic heterocycles. The lowest BCUT2D eigenvalue weighted by atomic mass is 9.74. The minimum atomic E-state index is -0.853. The average Bonchev–Trinajstić information content (AvgIpc) is 2.13. The Balaban J connectivity index is 2.72. The van der Waals surface area contributed by atoms with Crippen molar-refractivity contribution in [2.24, 2.45) is 5.92 Å². The number of carbonyl (C=O) groups excluding carboxylic acids is 1. The Hall–Kier alpha value is -1.26. The number of ether oxygens (including phenoxy) is 1. The number of amides is 1. The Morgan fingerprint density at radius 2 is 1.94 bits per heavy atom. The number of rotatable bonds is 2. The molecule has 1 rings (SSSR count). The van der Waals surface area contributed by atoms with Gasteiger partial charge in [-0.25, -0.2) is 4.79 Å². The summed E-state index contributed by atoms with van der Waals surface area (Å²) < 4.78 is 5.19. The Morgan fingerprint density at radius 3 is 2.44 bits per heavy atom. The van der Waals surface area contributed by atoms with Gasteiger partial charge in [-0.1, -0.05) is 12.8 Å². The SMILES string of the molecule is CC(C)(C)OC(=O)N[C@@]1(C)CCCC[C@@H]1C(=O)O. The lowest BCUT2D eigenvalue weighted by Crippen LogP contribution is -2.56. The van der Waals surface area contributed by atoms with E-state index in [9.17, 15) is 14.7 Å². The van der Waals surface area contributed by atoms with E-state index in [0.29, 0.717) is 12.8 Å². The molecule has 18 heavy (non-hydrogen) atoms. The monoisotopic (exact) mass is 257 g/mol. The molecule has 104 valence electrons. The summed E-state index contributed by atoms with van der Waals surface area (Å²) in [6.45, 7) is 7.13. The number of carboxylic acid groups (broad SMARTS) is 1. The van der Waals surface area contributed by atoms with E-state index in [1.807, 2.05) is 0 Å². The topological polar surface area (TPSA) is 75.6 Å². The van der Waals surface area contributed by atoms with Gasteiger partial charge in [0.2, 0.25) is 0 Å². The van der Waals surface area contributed by atoms with E-state index in [1.165, 1.54) is 0 Å². The van der Waals surface area contributed by atoms with Crippen LogP contribution in [0.1, 0.15) is 53.4 Å². The zero-order valence-corrected chi connectivity index (χ0v) is 11.6. The molecule has 0 radical (unpaired) electrons. The molecule has 2 atom stereocenters. The predicted molar refractivity (Wildman–Crippen MR) is 67.4 cm³/mol. The highest BCUT2D eigenvalue weighted by Gasteiger charge is 2.42. The molecule has 0 saturated heterocycles. The van der Waals surface area contributed by atoms with Crippen LogP contribution in [0.5, 0.6) is 0 Å². The van der Waals surface area contributed by atoms with Gasteiger partial charge < -0.3 is 15.2 Å². The van der Waals surface area contributed by atoms with Crippen LogP contribution >= 0.6 is 0 Å². The van der Waals surface area contributed by atoms with Gasteiger partial charge in [-0.05, 0) is 40.5 Å². The van der Waals surface area contributed by atoms with Gasteiger partial charge in [0.1, 0.15) is 5.60 Å². The number of hydrogen-bond donors (Lipinski definition) is 2. The first-order chi connectivity index (χ1) is 8.14. The highest BCUT2D eigenvalue weighted by atomic mass is 16.6. The number of carbonyl (C=O) groups is 2. The van der Waals surface area contributed by atoms with Gasteiger partial charge in [-0.3, -0.25) is 4.79 Å². The minimum absolute atomic E-state index is 0.543. The molecule has 1 saturated carbocycles. The van der Waals surface area contributed by atoms with Crippen molar-refractivity contribution < 1.29 is 19.4 Å². The van der Waals surface area contributed by atoms with Crippen molar-refractivity contribution in [2.45, 2.75) is 64.5 Å². The lowest BCUT2D eigenvalue weighted by Gasteiger charge is -2.39. The van der Waals surface area contributed by atoms with Gasteiger partial charge in [0, 0.05) is 0 Å². The molecule has 0 aromatic carbocycles. The van der Waals surface area contributed by atoms with Crippen LogP contribution in [0.15, 0.2) is 0 Å². The molecule has 2 N–H and O–H groups in total. The van der Waals surface area contributed by atoms with Crippen molar-refractivity contribution in [3.63, 3.8) is 0 Å². The van der Waals surface area contributed by atoms with E-state index in [4.69, 9.17) is 4.74 Å². The molecule has 0 unspecified atom stereocenters. The molecular formula is C13H23NO4. The number of alkyl carbamates (subject to hydrolysis) is 1. The summed E-state index contributed by atoms with van der Waals surface area (Å²) >= 11 is 0. The summed E-state index contributed by atoms with van der Waals surface area (Å²) in [5, 5.41) is 12.0. The van der Waals surface area contributed by atoms with Crippen LogP contribution in [-0.2, 0) is 9.53 Å². The summed E-state index contributed by atoms with van der Waals surface area (Å²) in [4.78, 5) is 23.0. The van der Waals surface area contributed by atoms with E-state index in [-0.39, 0.29) is 0 Å². The molecule has 1 aliphatic rings. The molecule has 0 spiro atoms. The van der Waals surface area contributed by atoms with E-state index < -0.39 is 29.1 Å². The Bertz CT molecular complexity index is 334. The second-order valence-corrected chi connectivity index (χ2v) is 6.18. The number of carboxylic acids is 1. The van der Waals surface area contributed by atoms with Crippen LogP contribution in [0.3, 0.4) is 0 Å². The molecule has 0 heterocycles. The standard InChI is InChI=1S/C13H23NO4/c1-12(2,3)18-11(17)14-13(4)8-6-5-7-9(13)10(15)16/h9H,5-8H2,1-4H3,(H,14,17)(H,15,16)/t9-,13+/m1/s1. The van der Waals surface area contributed by atoms with Crippen LogP contribution < -0.4 is 5.32 Å². The highest BCUT2D eigenvalue weighted by Crippen LogP contribution is 2.34. The number of hydrogen-bond acceptors (Lipinski definition) is 3. The molecule has 0 bridgehead atoms. The molecule has 5 heteroatoms. The van der Waals surface area contributed by atoms with Crippen molar-refractivity contribution in [3.8, 4) is 0 Å². The Labute approximate surface area is 108 Å². The van der Waals surface area contributed by atoms with Gasteiger partial charge in [-0.2, -0.15) is 0 Å². The second kappa shape index (κ2) is 5.16. The maximum Gasteiger partial charge on any atom is 0.408 e. The Kier molecular flexibility index (Phi) is 4.24. The fourth-order valence-corrected chi connectivity index (χ4v) is 2.42. The van der Waals surface area contributed by atoms with Crippen molar-refractivity contribution in [2.75, 3.05) is 0 Å². The summed E-state index contributed by atoms with van der Waals surface area (Å²) in [5.41, 5.74) is -1.29. The molecule has 1 aliphatic carbocycles. The largest absolute Gasteiger partial charge is 0.481 e. The van der Waals surface area contributed by atoms with Crippen LogP contribution in [0.25, 0.3) is 0 Å². The van der Waals surface area contributed by atoms with Gasteiger partial charge >= 0.3 is 12.1 Å². The number of aliphatic carboxylic acids is 1. The fourth-order valence-electron chi connectivity index (χ4n) is 2.42. The molecule has 0 aromatic rings. The fraction of sp³-hybridized carbons (Fsp3) is 0.846. The van der Waals surface area contributed by atoms with Crippen molar-refractivity contribution in [1.29, 1.82) is 0 Å². The first-order valence-corrected chi connectivity index (χ1v) is 6.38. The predicted octanol–water partition coefficient (Wildman–Crippen LogP) is 2.54. The van der Waals surface area contributed by atoms with Crippen LogP contribution in [0, 0.1) is 5.92 Å². The summed E-state index contributed by atoms with van der Waals surface area (Å²) in [5.74, 6) is -1.40. The van der Waals surface area contributed by atoms with Gasteiger partial charge in [0.15, 0.2) is 0 Å². The van der Waals surface area contributed by atoms with E-state index >= 15 is 0 Å². The van der Waals surface area contributed by atoms with Crippen molar-refractivity contribution in [1.82, 2.24) is 5.32 Å². The summed E-state index contributed by atoms with van der Waals surface area (Å²) in [6, 6.07) is 0. The Morgan fingerprint density at radius 1 is 1.33 bits per heavy atom. The van der Waals surface area contributed by atoms with Crippen molar-refractivity contribution >= 4 is 12.1 Å². The van der Waals surface area contributed by atoms with E-state index in [2.05, 4.69) is 5.32 Å². The van der Waals surface area contributed by atoms with E-state index in [0.717, 1.165) is 12.8 Å². The van der Waals surface area contributed by atoms with E-state index in [1.54, 1.807) is 27.7 Å².